The third-order valence-corrected chi connectivity index (χ3v) is 6.76. The zero-order chi connectivity index (χ0) is 17.8. The van der Waals surface area contributed by atoms with E-state index in [4.69, 9.17) is 33.0 Å². The highest BCUT2D eigenvalue weighted by Crippen LogP contribution is 2.27. The van der Waals surface area contributed by atoms with Crippen LogP contribution in [0.5, 0.6) is 0 Å². The molecule has 0 spiro atoms. The van der Waals surface area contributed by atoms with Crippen LogP contribution in [-0.4, -0.2) is 16.8 Å². The van der Waals surface area contributed by atoms with E-state index in [1.54, 1.807) is 37.3 Å². The second-order valence-corrected chi connectivity index (χ2v) is 10.5. The molecule has 0 radical (unpaired) electrons. The maximum absolute atomic E-state index is 11.0. The minimum absolute atomic E-state index is 0. The van der Waals surface area contributed by atoms with Gasteiger partial charge in [0.05, 0.1) is 9.92 Å². The summed E-state index contributed by atoms with van der Waals surface area (Å²) in [7, 11) is 2.93. The van der Waals surface area contributed by atoms with Crippen LogP contribution in [0.15, 0.2) is 56.7 Å². The lowest BCUT2D eigenvalue weighted by Crippen LogP contribution is -1.94. The smallest absolute Gasteiger partial charge is 0.207 e. The van der Waals surface area contributed by atoms with Crippen molar-refractivity contribution in [3.63, 3.8) is 0 Å². The van der Waals surface area contributed by atoms with Gasteiger partial charge in [-0.05, 0) is 46.6 Å². The van der Waals surface area contributed by atoms with Crippen molar-refractivity contribution in [3.05, 3.63) is 57.5 Å². The molecule has 0 saturated heterocycles. The van der Waals surface area contributed by atoms with Gasteiger partial charge in [0.25, 0.3) is 18.1 Å². The average molecular weight is 517 g/mol. The van der Waals surface area contributed by atoms with Gasteiger partial charge in [-0.15, -0.1) is 12.4 Å². The van der Waals surface area contributed by atoms with Gasteiger partial charge in [-0.2, -0.15) is 0 Å². The fourth-order valence-corrected chi connectivity index (χ4v) is 5.73. The molecule has 0 aliphatic heterocycles. The molecule has 2 aromatic carbocycles. The second-order valence-electron chi connectivity index (χ2n) is 4.19. The first kappa shape index (κ1) is 24.0. The van der Waals surface area contributed by atoms with E-state index in [0.29, 0.717) is 10.0 Å². The molecule has 134 valence electrons. The van der Waals surface area contributed by atoms with E-state index in [2.05, 4.69) is 15.9 Å². The summed E-state index contributed by atoms with van der Waals surface area (Å²) >= 11 is 8.72. The van der Waals surface area contributed by atoms with E-state index in [1.807, 2.05) is 0 Å². The summed E-state index contributed by atoms with van der Waals surface area (Å²) in [6.07, 6.45) is 0. The van der Waals surface area contributed by atoms with E-state index in [-0.39, 0.29) is 27.2 Å². The third-order valence-electron chi connectivity index (χ3n) is 2.51. The summed E-state index contributed by atoms with van der Waals surface area (Å²) in [5.41, 5.74) is 0.553. The number of benzene rings is 2. The van der Waals surface area contributed by atoms with Crippen molar-refractivity contribution in [3.8, 4) is 0 Å². The van der Waals surface area contributed by atoms with Crippen molar-refractivity contribution >= 4 is 79.4 Å². The van der Waals surface area contributed by atoms with Gasteiger partial charge < -0.3 is 0 Å². The molecule has 11 heteroatoms. The van der Waals surface area contributed by atoms with Gasteiger partial charge in [0.1, 0.15) is 4.90 Å². The molecule has 2 rings (SSSR count). The van der Waals surface area contributed by atoms with Crippen LogP contribution in [0, 0.1) is 6.92 Å². The lowest BCUT2D eigenvalue weighted by atomic mass is 10.2. The highest BCUT2D eigenvalue weighted by molar-refractivity contribution is 9.10. The molecule has 0 unspecified atom stereocenters. The summed E-state index contributed by atoms with van der Waals surface area (Å²) in [6, 6.07) is 11.2. The molecular weight excluding hydrogens is 506 g/mol. The largest absolute Gasteiger partial charge is 0.263 e. The topological polar surface area (TPSA) is 68.3 Å². The molecule has 0 aromatic heterocycles. The summed E-state index contributed by atoms with van der Waals surface area (Å²) in [6.45, 7) is 1.64. The predicted octanol–water partition coefficient (Wildman–Crippen LogP) is 5.37. The van der Waals surface area contributed by atoms with Gasteiger partial charge in [0.15, 0.2) is 0 Å². The summed E-state index contributed by atoms with van der Waals surface area (Å²) in [4.78, 5) is 0.0926. The SMILES string of the molecule is Cc1cccc(Cl)c1S(=O)(=O)Cl.Cl.O=S(=O)(Cl)c1ccccc1Br. The highest BCUT2D eigenvalue weighted by Gasteiger charge is 2.16. The van der Waals surface area contributed by atoms with Crippen molar-refractivity contribution < 1.29 is 16.8 Å². The van der Waals surface area contributed by atoms with Crippen LogP contribution in [0.2, 0.25) is 5.02 Å². The van der Waals surface area contributed by atoms with Crippen molar-refractivity contribution in [1.82, 2.24) is 0 Å². The average Bonchev–Trinajstić information content (AvgIpc) is 2.36. The zero-order valence-electron chi connectivity index (χ0n) is 11.9. The molecule has 0 N–H and O–H groups in total. The van der Waals surface area contributed by atoms with Crippen LogP contribution in [0.3, 0.4) is 0 Å². The van der Waals surface area contributed by atoms with Crippen LogP contribution >= 0.6 is 61.3 Å². The monoisotopic (exact) mass is 514 g/mol. The number of aryl methyl sites for hydroxylation is 1. The maximum atomic E-state index is 11.0. The Balaban J connectivity index is 0.000000425. The highest BCUT2D eigenvalue weighted by atomic mass is 79.9. The van der Waals surface area contributed by atoms with Crippen LogP contribution in [0.1, 0.15) is 5.56 Å². The molecule has 0 amide bonds. The fraction of sp³-hybridized carbons (Fsp3) is 0.0769. The minimum Gasteiger partial charge on any atom is -0.207 e. The molecule has 4 nitrogen and oxygen atoms in total. The van der Waals surface area contributed by atoms with Crippen LogP contribution in [-0.2, 0) is 18.1 Å². The number of hydrogen-bond acceptors (Lipinski definition) is 4. The Hall–Kier alpha value is -0.0200. The van der Waals surface area contributed by atoms with Gasteiger partial charge in [0, 0.05) is 25.8 Å². The first-order valence-corrected chi connectivity index (χ1v) is 11.6. The van der Waals surface area contributed by atoms with Gasteiger partial charge in [-0.25, -0.2) is 16.8 Å². The Morgan fingerprint density at radius 2 is 1.42 bits per heavy atom. The molecule has 24 heavy (non-hydrogen) atoms. The van der Waals surface area contributed by atoms with Crippen molar-refractivity contribution in [1.29, 1.82) is 0 Å². The third kappa shape index (κ3) is 7.07. The van der Waals surface area contributed by atoms with Crippen LogP contribution < -0.4 is 0 Å². The molecule has 0 saturated carbocycles. The van der Waals surface area contributed by atoms with Gasteiger partial charge in [-0.3, -0.25) is 0 Å². The van der Waals surface area contributed by atoms with E-state index >= 15 is 0 Å². The standard InChI is InChI=1S/C7H6Cl2O2S.C6H4BrClO2S.ClH/c1-5-3-2-4-6(8)7(5)12(9,10)11;7-5-3-1-2-4-6(5)11(8,9)10;/h2-4H,1H3;1-4H;1H. The van der Waals surface area contributed by atoms with Crippen molar-refractivity contribution in [2.45, 2.75) is 16.7 Å². The van der Waals surface area contributed by atoms with Gasteiger partial charge in [0.2, 0.25) is 0 Å². The predicted molar refractivity (Wildman–Crippen MR) is 104 cm³/mol. The first-order chi connectivity index (χ1) is 10.4. The molecule has 0 aliphatic carbocycles. The lowest BCUT2D eigenvalue weighted by molar-refractivity contribution is 0.607. The Morgan fingerprint density at radius 3 is 1.75 bits per heavy atom. The first-order valence-electron chi connectivity index (χ1n) is 5.83. The van der Waals surface area contributed by atoms with Gasteiger partial charge >= 0.3 is 0 Å². The van der Waals surface area contributed by atoms with Crippen LogP contribution in [0.25, 0.3) is 0 Å². The molecule has 0 heterocycles. The van der Waals surface area contributed by atoms with E-state index in [9.17, 15) is 16.8 Å². The maximum Gasteiger partial charge on any atom is 0.263 e. The Labute approximate surface area is 169 Å². The number of hydrogen-bond donors (Lipinski definition) is 0. The molecule has 0 fully saturated rings. The molecule has 0 aliphatic rings. The Bertz CT molecular complexity index is 895. The normalized spacial score (nSPS) is 11.0. The molecule has 2 aromatic rings. The molecular formula is C13H11BrCl4O4S2. The van der Waals surface area contributed by atoms with Crippen LogP contribution in [0.4, 0.5) is 0 Å². The number of rotatable bonds is 2. The second kappa shape index (κ2) is 9.62. The zero-order valence-corrected chi connectivity index (χ0v) is 18.2. The van der Waals surface area contributed by atoms with E-state index < -0.39 is 18.1 Å². The van der Waals surface area contributed by atoms with E-state index in [0.717, 1.165) is 0 Å². The summed E-state index contributed by atoms with van der Waals surface area (Å²) in [5, 5.41) is 0.157. The summed E-state index contributed by atoms with van der Waals surface area (Å²) in [5.74, 6) is 0. The molecule has 0 atom stereocenters. The fourth-order valence-electron chi connectivity index (χ4n) is 1.57. The minimum atomic E-state index is -3.72. The quantitative estimate of drug-likeness (QED) is 0.503. The van der Waals surface area contributed by atoms with Crippen molar-refractivity contribution in [2.75, 3.05) is 0 Å². The van der Waals surface area contributed by atoms with Gasteiger partial charge in [-0.1, -0.05) is 35.9 Å². The lowest BCUT2D eigenvalue weighted by Gasteiger charge is -2.02. The van der Waals surface area contributed by atoms with E-state index in [1.165, 1.54) is 12.1 Å². The Morgan fingerprint density at radius 1 is 0.875 bits per heavy atom. The Kier molecular flexibility index (Phi) is 9.61. The molecule has 0 bridgehead atoms. The number of halogens is 5. The summed E-state index contributed by atoms with van der Waals surface area (Å²) < 4.78 is 44.0. The van der Waals surface area contributed by atoms with Crippen molar-refractivity contribution in [2.24, 2.45) is 0 Å².